The molecule has 1 unspecified atom stereocenters. The Bertz CT molecular complexity index is 373. The van der Waals surface area contributed by atoms with Crippen molar-refractivity contribution < 1.29 is 9.47 Å². The van der Waals surface area contributed by atoms with Crippen LogP contribution in [0.3, 0.4) is 0 Å². The zero-order valence-corrected chi connectivity index (χ0v) is 11.5. The molecule has 0 saturated carbocycles. The smallest absolute Gasteiger partial charge is 0.119 e. The van der Waals surface area contributed by atoms with Crippen LogP contribution in [0.25, 0.3) is 0 Å². The Hall–Kier alpha value is -1.06. The second kappa shape index (κ2) is 5.72. The van der Waals surface area contributed by atoms with Crippen molar-refractivity contribution in [3.05, 3.63) is 29.8 Å². The van der Waals surface area contributed by atoms with Crippen LogP contribution >= 0.6 is 0 Å². The summed E-state index contributed by atoms with van der Waals surface area (Å²) >= 11 is 0. The van der Waals surface area contributed by atoms with E-state index in [2.05, 4.69) is 38.2 Å². The van der Waals surface area contributed by atoms with Crippen molar-refractivity contribution >= 4 is 0 Å². The molecule has 0 radical (unpaired) electrons. The molecule has 1 atom stereocenters. The molecule has 1 aliphatic heterocycles. The Morgan fingerprint density at radius 1 is 1.33 bits per heavy atom. The molecule has 0 aliphatic carbocycles. The van der Waals surface area contributed by atoms with Gasteiger partial charge in [-0.1, -0.05) is 19.1 Å². The van der Waals surface area contributed by atoms with E-state index in [-0.39, 0.29) is 11.6 Å². The number of hydrogen-bond donors (Lipinski definition) is 1. The maximum atomic E-state index is 5.65. The Labute approximate surface area is 109 Å². The molecular weight excluding hydrogens is 226 g/mol. The number of benzene rings is 1. The monoisotopic (exact) mass is 249 g/mol. The second-order valence-electron chi connectivity index (χ2n) is 5.51. The van der Waals surface area contributed by atoms with Gasteiger partial charge in [-0.2, -0.15) is 0 Å². The van der Waals surface area contributed by atoms with Gasteiger partial charge in [-0.15, -0.1) is 0 Å². The third-order valence-electron chi connectivity index (χ3n) is 3.07. The summed E-state index contributed by atoms with van der Waals surface area (Å²) in [5.41, 5.74) is 1.30. The van der Waals surface area contributed by atoms with Gasteiger partial charge in [0.1, 0.15) is 5.75 Å². The van der Waals surface area contributed by atoms with Crippen molar-refractivity contribution in [3.8, 4) is 5.75 Å². The van der Waals surface area contributed by atoms with Crippen molar-refractivity contribution in [2.24, 2.45) is 0 Å². The van der Waals surface area contributed by atoms with E-state index in [0.29, 0.717) is 0 Å². The van der Waals surface area contributed by atoms with Crippen LogP contribution in [0.15, 0.2) is 24.3 Å². The average molecular weight is 249 g/mol. The van der Waals surface area contributed by atoms with Crippen LogP contribution in [0, 0.1) is 0 Å². The Morgan fingerprint density at radius 2 is 2.06 bits per heavy atom. The fraction of sp³-hybridized carbons (Fsp3) is 0.600. The lowest BCUT2D eigenvalue weighted by Gasteiger charge is -2.37. The first kappa shape index (κ1) is 13.4. The Kier molecular flexibility index (Phi) is 4.25. The summed E-state index contributed by atoms with van der Waals surface area (Å²) in [6.45, 7) is 8.71. The van der Waals surface area contributed by atoms with Crippen LogP contribution in [-0.2, 0) is 4.74 Å². The molecule has 3 heteroatoms. The van der Waals surface area contributed by atoms with Gasteiger partial charge in [0.2, 0.25) is 0 Å². The first-order valence-electron chi connectivity index (χ1n) is 6.69. The van der Waals surface area contributed by atoms with Crippen LogP contribution in [0.5, 0.6) is 5.75 Å². The van der Waals surface area contributed by atoms with Crippen LogP contribution in [0.1, 0.15) is 38.8 Å². The minimum atomic E-state index is 0.0420. The van der Waals surface area contributed by atoms with Crippen molar-refractivity contribution in [3.63, 3.8) is 0 Å². The molecule has 2 rings (SSSR count). The molecule has 0 amide bonds. The van der Waals surface area contributed by atoms with Gasteiger partial charge in [0.05, 0.1) is 25.9 Å². The van der Waals surface area contributed by atoms with Gasteiger partial charge in [-0.25, -0.2) is 0 Å². The summed E-state index contributed by atoms with van der Waals surface area (Å²) < 4.78 is 11.2. The first-order valence-corrected chi connectivity index (χ1v) is 6.69. The highest BCUT2D eigenvalue weighted by atomic mass is 16.5. The van der Waals surface area contributed by atoms with E-state index >= 15 is 0 Å². The number of ether oxygens (including phenoxy) is 2. The van der Waals surface area contributed by atoms with Crippen LogP contribution in [0.2, 0.25) is 0 Å². The van der Waals surface area contributed by atoms with Gasteiger partial charge in [0.25, 0.3) is 0 Å². The molecule has 0 aromatic heterocycles. The lowest BCUT2D eigenvalue weighted by atomic mass is 9.99. The highest BCUT2D eigenvalue weighted by Gasteiger charge is 2.28. The van der Waals surface area contributed by atoms with E-state index in [1.165, 1.54) is 5.56 Å². The van der Waals surface area contributed by atoms with E-state index < -0.39 is 0 Å². The van der Waals surface area contributed by atoms with Crippen LogP contribution in [-0.4, -0.2) is 25.4 Å². The molecule has 100 valence electrons. The maximum absolute atomic E-state index is 5.65. The quantitative estimate of drug-likeness (QED) is 0.890. The van der Waals surface area contributed by atoms with Crippen LogP contribution in [0.4, 0.5) is 0 Å². The molecule has 3 nitrogen and oxygen atoms in total. The van der Waals surface area contributed by atoms with Crippen molar-refractivity contribution in [1.29, 1.82) is 0 Å². The largest absolute Gasteiger partial charge is 0.494 e. The topological polar surface area (TPSA) is 30.5 Å². The standard InChI is InChI=1S/C15H23NO2/c1-4-9-18-13-7-5-12(6-8-13)14-10-17-11-15(2,3)16-14/h5-8,14,16H,4,9-11H2,1-3H3. The van der Waals surface area contributed by atoms with E-state index in [4.69, 9.17) is 9.47 Å². The van der Waals surface area contributed by atoms with Gasteiger partial charge >= 0.3 is 0 Å². The van der Waals surface area contributed by atoms with E-state index in [9.17, 15) is 0 Å². The maximum Gasteiger partial charge on any atom is 0.119 e. The Balaban J connectivity index is 2.00. The number of nitrogens with one attached hydrogen (secondary N) is 1. The molecule has 0 bridgehead atoms. The zero-order valence-electron chi connectivity index (χ0n) is 11.5. The second-order valence-corrected chi connectivity index (χ2v) is 5.51. The Morgan fingerprint density at radius 3 is 2.67 bits per heavy atom. The molecule has 1 N–H and O–H groups in total. The normalized spacial score (nSPS) is 22.7. The first-order chi connectivity index (χ1) is 8.61. The average Bonchev–Trinajstić information content (AvgIpc) is 2.36. The van der Waals surface area contributed by atoms with Crippen molar-refractivity contribution in [1.82, 2.24) is 5.32 Å². The minimum Gasteiger partial charge on any atom is -0.494 e. The summed E-state index contributed by atoms with van der Waals surface area (Å²) in [6, 6.07) is 8.58. The summed E-state index contributed by atoms with van der Waals surface area (Å²) in [7, 11) is 0. The van der Waals surface area contributed by atoms with Crippen LogP contribution < -0.4 is 10.1 Å². The van der Waals surface area contributed by atoms with Gasteiger partial charge in [-0.3, -0.25) is 0 Å². The molecule has 0 spiro atoms. The van der Waals surface area contributed by atoms with E-state index in [1.807, 2.05) is 12.1 Å². The summed E-state index contributed by atoms with van der Waals surface area (Å²) in [4.78, 5) is 0. The SMILES string of the molecule is CCCOc1ccc(C2COCC(C)(C)N2)cc1. The number of rotatable bonds is 4. The number of morpholine rings is 1. The van der Waals surface area contributed by atoms with E-state index in [1.54, 1.807) is 0 Å². The lowest BCUT2D eigenvalue weighted by Crippen LogP contribution is -2.51. The molecule has 1 heterocycles. The van der Waals surface area contributed by atoms with Gasteiger partial charge < -0.3 is 14.8 Å². The highest BCUT2D eigenvalue weighted by Crippen LogP contribution is 2.24. The van der Waals surface area contributed by atoms with Crippen molar-refractivity contribution in [2.75, 3.05) is 19.8 Å². The van der Waals surface area contributed by atoms with Gasteiger partial charge in [0, 0.05) is 5.54 Å². The zero-order chi connectivity index (χ0) is 13.0. The van der Waals surface area contributed by atoms with Crippen molar-refractivity contribution in [2.45, 2.75) is 38.8 Å². The summed E-state index contributed by atoms with van der Waals surface area (Å²) in [5.74, 6) is 0.941. The number of hydrogen-bond acceptors (Lipinski definition) is 3. The fourth-order valence-electron chi connectivity index (χ4n) is 2.18. The van der Waals surface area contributed by atoms with Gasteiger partial charge in [-0.05, 0) is 38.0 Å². The molecule has 1 aromatic rings. The van der Waals surface area contributed by atoms with E-state index in [0.717, 1.165) is 32.0 Å². The predicted molar refractivity (Wildman–Crippen MR) is 73.0 cm³/mol. The molecule has 1 aliphatic rings. The molecule has 1 fully saturated rings. The van der Waals surface area contributed by atoms with Gasteiger partial charge in [0.15, 0.2) is 0 Å². The minimum absolute atomic E-state index is 0.0420. The molecule has 1 saturated heterocycles. The highest BCUT2D eigenvalue weighted by molar-refractivity contribution is 5.29. The summed E-state index contributed by atoms with van der Waals surface area (Å²) in [5, 5.41) is 3.61. The fourth-order valence-corrected chi connectivity index (χ4v) is 2.18. The molecular formula is C15H23NO2. The third-order valence-corrected chi connectivity index (χ3v) is 3.07. The molecule has 18 heavy (non-hydrogen) atoms. The molecule has 1 aromatic carbocycles. The predicted octanol–water partition coefficient (Wildman–Crippen LogP) is 2.91. The summed E-state index contributed by atoms with van der Waals surface area (Å²) in [6.07, 6.45) is 1.04. The lowest BCUT2D eigenvalue weighted by molar-refractivity contribution is 0.0127. The third kappa shape index (κ3) is 3.47.